The first kappa shape index (κ1) is 15.0. The zero-order valence-corrected chi connectivity index (χ0v) is 14.5. The van der Waals surface area contributed by atoms with E-state index in [9.17, 15) is 9.59 Å². The molecule has 3 fully saturated rings. The molecule has 0 radical (unpaired) electrons. The molecule has 1 unspecified atom stereocenters. The molecule has 2 aliphatic carbocycles. The normalized spacial score (nSPS) is 24.0. The third-order valence-corrected chi connectivity index (χ3v) is 6.37. The standard InChI is InChI=1S/C20H23N3O2/c1-13-3-7-15(8-4-13)23-17(24)11-16(21-23)19(25)22-12-20(9-2-10-20)18(22)14-5-6-14/h3-4,7-8,11,14,18,21H,2,5-6,9-10,12H2,1H3. The smallest absolute Gasteiger partial charge is 0.272 e. The molecule has 25 heavy (non-hydrogen) atoms. The van der Waals surface area contributed by atoms with Gasteiger partial charge in [0.05, 0.1) is 5.69 Å². The van der Waals surface area contributed by atoms with Gasteiger partial charge in [-0.15, -0.1) is 0 Å². The van der Waals surface area contributed by atoms with Crippen LogP contribution in [0.3, 0.4) is 0 Å². The average molecular weight is 337 g/mol. The van der Waals surface area contributed by atoms with Crippen molar-refractivity contribution < 1.29 is 4.79 Å². The zero-order valence-electron chi connectivity index (χ0n) is 14.5. The molecule has 1 aliphatic heterocycles. The molecule has 5 rings (SSSR count). The molecule has 1 aromatic heterocycles. The number of H-pyrrole nitrogens is 1. The lowest BCUT2D eigenvalue weighted by atomic mass is 9.56. The number of carbonyl (C=O) groups excluding carboxylic acids is 1. The Hall–Kier alpha value is -2.30. The number of rotatable bonds is 3. The number of benzene rings is 1. The van der Waals surface area contributed by atoms with Gasteiger partial charge in [0.15, 0.2) is 0 Å². The molecule has 130 valence electrons. The molecule has 2 heterocycles. The Morgan fingerprint density at radius 3 is 2.52 bits per heavy atom. The molecule has 1 N–H and O–H groups in total. The highest BCUT2D eigenvalue weighted by Gasteiger charge is 2.61. The summed E-state index contributed by atoms with van der Waals surface area (Å²) in [5.74, 6) is 0.668. The van der Waals surface area contributed by atoms with Crippen molar-refractivity contribution in [1.29, 1.82) is 0 Å². The minimum atomic E-state index is -0.186. The third-order valence-electron chi connectivity index (χ3n) is 6.37. The Kier molecular flexibility index (Phi) is 3.06. The summed E-state index contributed by atoms with van der Waals surface area (Å²) in [6.45, 7) is 2.87. The summed E-state index contributed by atoms with van der Waals surface area (Å²) in [5, 5.41) is 3.02. The summed E-state index contributed by atoms with van der Waals surface area (Å²) in [6.07, 6.45) is 6.32. The van der Waals surface area contributed by atoms with Gasteiger partial charge in [-0.25, -0.2) is 4.68 Å². The van der Waals surface area contributed by atoms with Gasteiger partial charge in [-0.05, 0) is 50.7 Å². The number of amides is 1. The van der Waals surface area contributed by atoms with Gasteiger partial charge in [0.25, 0.3) is 11.5 Å². The van der Waals surface area contributed by atoms with Crippen molar-refractivity contribution in [3.8, 4) is 5.69 Å². The Morgan fingerprint density at radius 2 is 1.92 bits per heavy atom. The molecular weight excluding hydrogens is 314 g/mol. The minimum absolute atomic E-state index is 0.0163. The number of carbonyl (C=O) groups is 1. The van der Waals surface area contributed by atoms with E-state index in [1.54, 1.807) is 0 Å². The van der Waals surface area contributed by atoms with Crippen LogP contribution >= 0.6 is 0 Å². The van der Waals surface area contributed by atoms with Gasteiger partial charge in [0.1, 0.15) is 5.69 Å². The summed E-state index contributed by atoms with van der Waals surface area (Å²) in [4.78, 5) is 27.3. The van der Waals surface area contributed by atoms with E-state index in [2.05, 4.69) is 5.10 Å². The van der Waals surface area contributed by atoms with Crippen LogP contribution in [-0.2, 0) is 0 Å². The Labute approximate surface area is 146 Å². The summed E-state index contributed by atoms with van der Waals surface area (Å²) >= 11 is 0. The highest BCUT2D eigenvalue weighted by molar-refractivity contribution is 5.93. The number of aromatic nitrogens is 2. The average Bonchev–Trinajstić information content (AvgIpc) is 3.26. The molecule has 0 bridgehead atoms. The van der Waals surface area contributed by atoms with Gasteiger partial charge in [-0.2, -0.15) is 0 Å². The van der Waals surface area contributed by atoms with Crippen LogP contribution in [0.25, 0.3) is 5.69 Å². The molecule has 2 aromatic rings. The zero-order chi connectivity index (χ0) is 17.2. The Morgan fingerprint density at radius 1 is 1.20 bits per heavy atom. The molecular formula is C20H23N3O2. The molecule has 3 aliphatic rings. The van der Waals surface area contributed by atoms with E-state index in [1.807, 2.05) is 36.1 Å². The van der Waals surface area contributed by atoms with Gasteiger partial charge in [0.2, 0.25) is 0 Å². The molecule has 5 nitrogen and oxygen atoms in total. The van der Waals surface area contributed by atoms with Crippen LogP contribution in [0.5, 0.6) is 0 Å². The molecule has 1 spiro atoms. The van der Waals surface area contributed by atoms with E-state index in [0.29, 0.717) is 23.1 Å². The minimum Gasteiger partial charge on any atom is -0.333 e. The Bertz CT molecular complexity index is 884. The Balaban J connectivity index is 1.42. The SMILES string of the molecule is Cc1ccc(-n2[nH]c(C(=O)N3CC4(CCC4)C3C3CC3)cc2=O)cc1. The van der Waals surface area contributed by atoms with E-state index in [1.165, 1.54) is 42.9 Å². The molecule has 2 saturated carbocycles. The largest absolute Gasteiger partial charge is 0.333 e. The summed E-state index contributed by atoms with van der Waals surface area (Å²) in [5.41, 5.74) is 2.52. The van der Waals surface area contributed by atoms with Crippen molar-refractivity contribution >= 4 is 5.91 Å². The van der Waals surface area contributed by atoms with Crippen LogP contribution in [0.2, 0.25) is 0 Å². The highest BCUT2D eigenvalue weighted by Crippen LogP contribution is 2.59. The van der Waals surface area contributed by atoms with E-state index in [0.717, 1.165) is 17.8 Å². The maximum atomic E-state index is 13.0. The molecule has 5 heteroatoms. The maximum absolute atomic E-state index is 13.0. The van der Waals surface area contributed by atoms with Crippen molar-refractivity contribution in [2.24, 2.45) is 11.3 Å². The number of aromatic amines is 1. The van der Waals surface area contributed by atoms with Crippen LogP contribution in [0.1, 0.15) is 48.2 Å². The number of hydrogen-bond donors (Lipinski definition) is 1. The van der Waals surface area contributed by atoms with E-state index in [4.69, 9.17) is 0 Å². The lowest BCUT2D eigenvalue weighted by molar-refractivity contribution is -0.111. The van der Waals surface area contributed by atoms with Gasteiger partial charge in [0, 0.05) is 24.1 Å². The second-order valence-corrected chi connectivity index (χ2v) is 8.11. The van der Waals surface area contributed by atoms with Gasteiger partial charge >= 0.3 is 0 Å². The summed E-state index contributed by atoms with van der Waals surface area (Å²) in [6, 6.07) is 9.55. The number of aryl methyl sites for hydroxylation is 1. The summed E-state index contributed by atoms with van der Waals surface area (Å²) in [7, 11) is 0. The number of hydrogen-bond acceptors (Lipinski definition) is 2. The number of likely N-dealkylation sites (tertiary alicyclic amines) is 1. The molecule has 1 aromatic carbocycles. The molecule has 1 atom stereocenters. The van der Waals surface area contributed by atoms with Crippen molar-refractivity contribution in [2.45, 2.75) is 45.1 Å². The van der Waals surface area contributed by atoms with Crippen molar-refractivity contribution in [2.75, 3.05) is 6.54 Å². The fourth-order valence-corrected chi connectivity index (χ4v) is 4.74. The maximum Gasteiger partial charge on any atom is 0.272 e. The fourth-order valence-electron chi connectivity index (χ4n) is 4.74. The first-order chi connectivity index (χ1) is 12.1. The van der Waals surface area contributed by atoms with Crippen molar-refractivity contribution in [1.82, 2.24) is 14.7 Å². The number of nitrogens with one attached hydrogen (secondary N) is 1. The van der Waals surface area contributed by atoms with Crippen LogP contribution in [-0.4, -0.2) is 33.2 Å². The third kappa shape index (κ3) is 2.21. The molecule has 1 amide bonds. The van der Waals surface area contributed by atoms with E-state index in [-0.39, 0.29) is 11.5 Å². The van der Waals surface area contributed by atoms with Gasteiger partial charge in [-0.1, -0.05) is 24.1 Å². The van der Waals surface area contributed by atoms with E-state index >= 15 is 0 Å². The van der Waals surface area contributed by atoms with Crippen molar-refractivity contribution in [3.05, 3.63) is 51.9 Å². The van der Waals surface area contributed by atoms with Gasteiger partial charge < -0.3 is 4.90 Å². The summed E-state index contributed by atoms with van der Waals surface area (Å²) < 4.78 is 1.46. The first-order valence-corrected chi connectivity index (χ1v) is 9.27. The quantitative estimate of drug-likeness (QED) is 0.936. The lowest BCUT2D eigenvalue weighted by Gasteiger charge is -2.62. The predicted molar refractivity (Wildman–Crippen MR) is 95.0 cm³/mol. The van der Waals surface area contributed by atoms with Crippen LogP contribution < -0.4 is 5.56 Å². The lowest BCUT2D eigenvalue weighted by Crippen LogP contribution is -2.69. The number of nitrogens with zero attached hydrogens (tertiary/aromatic N) is 2. The van der Waals surface area contributed by atoms with Crippen LogP contribution in [0, 0.1) is 18.3 Å². The van der Waals surface area contributed by atoms with Crippen LogP contribution in [0.4, 0.5) is 0 Å². The van der Waals surface area contributed by atoms with Crippen molar-refractivity contribution in [3.63, 3.8) is 0 Å². The predicted octanol–water partition coefficient (Wildman–Crippen LogP) is 2.88. The highest BCUT2D eigenvalue weighted by atomic mass is 16.2. The fraction of sp³-hybridized carbons (Fsp3) is 0.500. The first-order valence-electron chi connectivity index (χ1n) is 9.27. The van der Waals surface area contributed by atoms with Gasteiger partial charge in [-0.3, -0.25) is 14.7 Å². The molecule has 1 saturated heterocycles. The monoisotopic (exact) mass is 337 g/mol. The van der Waals surface area contributed by atoms with E-state index < -0.39 is 0 Å². The second-order valence-electron chi connectivity index (χ2n) is 8.11. The topological polar surface area (TPSA) is 58.1 Å². The van der Waals surface area contributed by atoms with Crippen LogP contribution in [0.15, 0.2) is 35.1 Å². The second kappa shape index (κ2) is 5.10.